The molecule has 0 saturated heterocycles. The molecule has 1 aliphatic carbocycles. The molecule has 0 aromatic heterocycles. The zero-order valence-corrected chi connectivity index (χ0v) is 15.9. The highest BCUT2D eigenvalue weighted by Gasteiger charge is 2.25. The average molecular weight is 515 g/mol. The van der Waals surface area contributed by atoms with Gasteiger partial charge in [0.15, 0.2) is 0 Å². The van der Waals surface area contributed by atoms with E-state index >= 15 is 0 Å². The fourth-order valence-electron chi connectivity index (χ4n) is 2.85. The maximum atomic E-state index is 12.3. The number of aromatic hydroxyl groups is 1. The van der Waals surface area contributed by atoms with Crippen molar-refractivity contribution in [2.75, 3.05) is 13.2 Å². The zero-order valence-electron chi connectivity index (χ0n) is 11.6. The minimum atomic E-state index is -0.244. The third-order valence-electron chi connectivity index (χ3n) is 4.10. The summed E-state index contributed by atoms with van der Waals surface area (Å²) >= 11 is 4.16. The molecule has 1 aliphatic rings. The minimum Gasteiger partial charge on any atom is -0.506 e. The van der Waals surface area contributed by atoms with Crippen molar-refractivity contribution in [2.45, 2.75) is 25.7 Å². The summed E-state index contributed by atoms with van der Waals surface area (Å²) in [7, 11) is 0. The lowest BCUT2D eigenvalue weighted by atomic mass is 9.79. The summed E-state index contributed by atoms with van der Waals surface area (Å²) in [5.41, 5.74) is 0.322. The highest BCUT2D eigenvalue weighted by atomic mass is 127. The van der Waals surface area contributed by atoms with Gasteiger partial charge in [0.2, 0.25) is 0 Å². The molecule has 0 aliphatic heterocycles. The molecule has 0 heterocycles. The first-order valence-corrected chi connectivity index (χ1v) is 9.25. The second kappa shape index (κ2) is 7.96. The first kappa shape index (κ1) is 17.3. The standard InChI is InChI=1S/C15H19I2NO3/c16-11-5-12(14(20)13(17)6-11)15(21)18-7-9-3-1-2-4-10(9)8-19/h5-6,9-10,19-20H,1-4,7-8H2,(H,18,21). The number of benzene rings is 1. The maximum absolute atomic E-state index is 12.3. The average Bonchev–Trinajstić information content (AvgIpc) is 2.48. The van der Waals surface area contributed by atoms with Crippen molar-refractivity contribution >= 4 is 51.1 Å². The lowest BCUT2D eigenvalue weighted by Gasteiger charge is -2.30. The topological polar surface area (TPSA) is 69.6 Å². The molecule has 2 unspecified atom stereocenters. The Morgan fingerprint density at radius 1 is 1.24 bits per heavy atom. The highest BCUT2D eigenvalue weighted by Crippen LogP contribution is 2.30. The van der Waals surface area contributed by atoms with Gasteiger partial charge in [-0.25, -0.2) is 0 Å². The Morgan fingerprint density at radius 2 is 1.90 bits per heavy atom. The third kappa shape index (κ3) is 4.44. The fourth-order valence-corrected chi connectivity index (χ4v) is 4.70. The first-order chi connectivity index (χ1) is 10.0. The number of nitrogens with one attached hydrogen (secondary N) is 1. The van der Waals surface area contributed by atoms with Crippen LogP contribution in [0.1, 0.15) is 36.0 Å². The van der Waals surface area contributed by atoms with Crippen molar-refractivity contribution in [3.8, 4) is 5.75 Å². The highest BCUT2D eigenvalue weighted by molar-refractivity contribution is 14.1. The van der Waals surface area contributed by atoms with Crippen LogP contribution in [0.15, 0.2) is 12.1 Å². The Labute approximate surface area is 152 Å². The summed E-state index contributed by atoms with van der Waals surface area (Å²) in [6.45, 7) is 0.748. The Hall–Kier alpha value is -0.0900. The molecule has 116 valence electrons. The maximum Gasteiger partial charge on any atom is 0.255 e. The van der Waals surface area contributed by atoms with Gasteiger partial charge >= 0.3 is 0 Å². The molecule has 6 heteroatoms. The molecule has 0 spiro atoms. The summed E-state index contributed by atoms with van der Waals surface area (Å²) in [5, 5.41) is 22.3. The molecule has 0 radical (unpaired) electrons. The molecule has 1 fully saturated rings. The number of aliphatic hydroxyl groups excluding tert-OH is 1. The van der Waals surface area contributed by atoms with Gasteiger partial charge in [-0.05, 0) is 82.0 Å². The van der Waals surface area contributed by atoms with Crippen LogP contribution in [0.25, 0.3) is 0 Å². The van der Waals surface area contributed by atoms with Gasteiger partial charge in [0, 0.05) is 16.7 Å². The van der Waals surface area contributed by atoms with Crippen molar-refractivity contribution < 1.29 is 15.0 Å². The predicted molar refractivity (Wildman–Crippen MR) is 98.4 cm³/mol. The molecule has 21 heavy (non-hydrogen) atoms. The van der Waals surface area contributed by atoms with Crippen LogP contribution in [0.5, 0.6) is 5.75 Å². The van der Waals surface area contributed by atoms with E-state index in [2.05, 4.69) is 27.9 Å². The normalized spacial score (nSPS) is 22.0. The van der Waals surface area contributed by atoms with Crippen LogP contribution in [-0.4, -0.2) is 29.3 Å². The number of aliphatic hydroxyl groups is 1. The van der Waals surface area contributed by atoms with Crippen LogP contribution in [-0.2, 0) is 0 Å². The second-order valence-electron chi connectivity index (χ2n) is 5.48. The lowest BCUT2D eigenvalue weighted by Crippen LogP contribution is -2.35. The Morgan fingerprint density at radius 3 is 2.57 bits per heavy atom. The van der Waals surface area contributed by atoms with Gasteiger partial charge in [0.1, 0.15) is 5.75 Å². The largest absolute Gasteiger partial charge is 0.506 e. The van der Waals surface area contributed by atoms with Gasteiger partial charge in [-0.15, -0.1) is 0 Å². The number of phenols is 1. The molecule has 3 N–H and O–H groups in total. The van der Waals surface area contributed by atoms with Crippen molar-refractivity contribution in [2.24, 2.45) is 11.8 Å². The minimum absolute atomic E-state index is 0.0378. The molecule has 0 bridgehead atoms. The van der Waals surface area contributed by atoms with Crippen molar-refractivity contribution in [1.82, 2.24) is 5.32 Å². The monoisotopic (exact) mass is 515 g/mol. The van der Waals surface area contributed by atoms with Gasteiger partial charge in [0.05, 0.1) is 9.13 Å². The molecule has 1 aromatic rings. The zero-order chi connectivity index (χ0) is 15.4. The van der Waals surface area contributed by atoms with E-state index in [9.17, 15) is 15.0 Å². The molecular weight excluding hydrogens is 496 g/mol. The molecule has 4 nitrogen and oxygen atoms in total. The summed E-state index contributed by atoms with van der Waals surface area (Å²) in [5.74, 6) is 0.405. The molecule has 1 saturated carbocycles. The van der Waals surface area contributed by atoms with Crippen LogP contribution in [0.3, 0.4) is 0 Å². The molecule has 2 rings (SSSR count). The van der Waals surface area contributed by atoms with Gasteiger partial charge < -0.3 is 15.5 Å². The van der Waals surface area contributed by atoms with E-state index in [4.69, 9.17) is 0 Å². The second-order valence-corrected chi connectivity index (χ2v) is 7.89. The van der Waals surface area contributed by atoms with E-state index in [0.717, 1.165) is 29.3 Å². The number of hydrogen-bond donors (Lipinski definition) is 3. The van der Waals surface area contributed by atoms with E-state index < -0.39 is 0 Å². The lowest BCUT2D eigenvalue weighted by molar-refractivity contribution is 0.0906. The summed E-state index contributed by atoms with van der Waals surface area (Å²) in [4.78, 5) is 12.3. The van der Waals surface area contributed by atoms with Crippen LogP contribution in [0.4, 0.5) is 0 Å². The van der Waals surface area contributed by atoms with E-state index in [-0.39, 0.29) is 24.2 Å². The van der Waals surface area contributed by atoms with Gasteiger partial charge in [0.25, 0.3) is 5.91 Å². The quantitative estimate of drug-likeness (QED) is 0.541. The molecule has 1 amide bonds. The van der Waals surface area contributed by atoms with Gasteiger partial charge in [-0.3, -0.25) is 4.79 Å². The SMILES string of the molecule is O=C(NCC1CCCCC1CO)c1cc(I)cc(I)c1O. The fraction of sp³-hybridized carbons (Fsp3) is 0.533. The van der Waals surface area contributed by atoms with Crippen LogP contribution >= 0.6 is 45.2 Å². The number of rotatable bonds is 4. The first-order valence-electron chi connectivity index (χ1n) is 7.10. The molecule has 2 atom stereocenters. The molecule has 1 aromatic carbocycles. The van der Waals surface area contributed by atoms with Crippen molar-refractivity contribution in [3.05, 3.63) is 24.8 Å². The van der Waals surface area contributed by atoms with E-state index in [0.29, 0.717) is 21.6 Å². The smallest absolute Gasteiger partial charge is 0.255 e. The van der Waals surface area contributed by atoms with E-state index in [1.807, 2.05) is 28.7 Å². The van der Waals surface area contributed by atoms with Crippen LogP contribution in [0.2, 0.25) is 0 Å². The number of halogens is 2. The van der Waals surface area contributed by atoms with E-state index in [1.165, 1.54) is 0 Å². The van der Waals surface area contributed by atoms with Crippen molar-refractivity contribution in [1.29, 1.82) is 0 Å². The number of amides is 1. The number of carbonyl (C=O) groups is 1. The number of carbonyl (C=O) groups excluding carboxylic acids is 1. The summed E-state index contributed by atoms with van der Waals surface area (Å²) < 4.78 is 1.60. The molecular formula is C15H19I2NO3. The van der Waals surface area contributed by atoms with Gasteiger partial charge in [-0.1, -0.05) is 12.8 Å². The Balaban J connectivity index is 2.01. The predicted octanol–water partition coefficient (Wildman–Crippen LogP) is 3.13. The Bertz CT molecular complexity index is 522. The van der Waals surface area contributed by atoms with E-state index in [1.54, 1.807) is 6.07 Å². The third-order valence-corrected chi connectivity index (χ3v) is 5.54. The number of phenolic OH excluding ortho intramolecular Hbond substituents is 1. The van der Waals surface area contributed by atoms with Gasteiger partial charge in [-0.2, -0.15) is 0 Å². The number of hydrogen-bond acceptors (Lipinski definition) is 3. The Kier molecular flexibility index (Phi) is 6.54. The summed E-state index contributed by atoms with van der Waals surface area (Å²) in [6.07, 6.45) is 4.39. The van der Waals surface area contributed by atoms with Crippen molar-refractivity contribution in [3.63, 3.8) is 0 Å². The summed E-state index contributed by atoms with van der Waals surface area (Å²) in [6, 6.07) is 3.52. The van der Waals surface area contributed by atoms with Crippen LogP contribution in [0, 0.1) is 19.0 Å². The van der Waals surface area contributed by atoms with Crippen LogP contribution < -0.4 is 5.32 Å².